The number of hydrogen-bond acceptors (Lipinski definition) is 3. The molecular formula is C14H21NO2. The molecule has 17 heavy (non-hydrogen) atoms. The number of rotatable bonds is 7. The third kappa shape index (κ3) is 3.28. The van der Waals surface area contributed by atoms with E-state index in [-0.39, 0.29) is 6.04 Å². The average Bonchev–Trinajstić information content (AvgIpc) is 2.32. The first-order valence-electron chi connectivity index (χ1n) is 6.21. The van der Waals surface area contributed by atoms with E-state index in [1.807, 2.05) is 0 Å². The number of hydrogen-bond donors (Lipinski definition) is 1. The van der Waals surface area contributed by atoms with E-state index in [9.17, 15) is 0 Å². The minimum Gasteiger partial charge on any atom is -0.382 e. The van der Waals surface area contributed by atoms with E-state index in [1.165, 1.54) is 17.5 Å². The lowest BCUT2D eigenvalue weighted by atomic mass is 9.74. The number of ether oxygens (including phenoxy) is 2. The molecule has 1 aliphatic carbocycles. The van der Waals surface area contributed by atoms with Crippen molar-refractivity contribution in [2.75, 3.05) is 26.9 Å². The summed E-state index contributed by atoms with van der Waals surface area (Å²) in [6.45, 7) is 1.90. The van der Waals surface area contributed by atoms with Gasteiger partial charge in [-0.2, -0.15) is 0 Å². The summed E-state index contributed by atoms with van der Waals surface area (Å²) in [5, 5.41) is 0. The van der Waals surface area contributed by atoms with Gasteiger partial charge in [0.15, 0.2) is 0 Å². The second-order valence-electron chi connectivity index (χ2n) is 4.66. The Labute approximate surface area is 103 Å². The quantitative estimate of drug-likeness (QED) is 0.732. The van der Waals surface area contributed by atoms with Gasteiger partial charge in [0.1, 0.15) is 0 Å². The van der Waals surface area contributed by atoms with Crippen LogP contribution in [-0.4, -0.2) is 33.0 Å². The van der Waals surface area contributed by atoms with E-state index in [0.717, 1.165) is 6.42 Å². The zero-order chi connectivity index (χ0) is 12.1. The van der Waals surface area contributed by atoms with Crippen LogP contribution in [0.3, 0.4) is 0 Å². The van der Waals surface area contributed by atoms with E-state index in [2.05, 4.69) is 24.3 Å². The van der Waals surface area contributed by atoms with Gasteiger partial charge in [0, 0.05) is 13.2 Å². The highest BCUT2D eigenvalue weighted by atomic mass is 16.5. The lowest BCUT2D eigenvalue weighted by Crippen LogP contribution is -2.32. The van der Waals surface area contributed by atoms with Gasteiger partial charge in [0.05, 0.1) is 19.8 Å². The maximum absolute atomic E-state index is 6.06. The molecule has 0 aromatic heterocycles. The van der Waals surface area contributed by atoms with Crippen LogP contribution in [0.4, 0.5) is 0 Å². The van der Waals surface area contributed by atoms with Crippen LogP contribution in [0, 0.1) is 0 Å². The van der Waals surface area contributed by atoms with Crippen LogP contribution in [0.5, 0.6) is 0 Å². The van der Waals surface area contributed by atoms with Gasteiger partial charge in [0.2, 0.25) is 0 Å². The molecule has 0 radical (unpaired) electrons. The largest absolute Gasteiger partial charge is 0.382 e. The molecule has 0 aliphatic heterocycles. The first-order chi connectivity index (χ1) is 8.31. The highest BCUT2D eigenvalue weighted by Gasteiger charge is 2.26. The molecule has 0 spiro atoms. The molecule has 2 N–H and O–H groups in total. The Hall–Kier alpha value is -0.900. The van der Waals surface area contributed by atoms with E-state index in [0.29, 0.717) is 25.7 Å². The Balaban J connectivity index is 1.69. The SMILES string of the molecule is COCCOCC(N)CC1Cc2ccccc21. The van der Waals surface area contributed by atoms with Gasteiger partial charge in [-0.1, -0.05) is 24.3 Å². The molecule has 0 saturated carbocycles. The van der Waals surface area contributed by atoms with Crippen LogP contribution < -0.4 is 5.73 Å². The Bertz CT molecular complexity index is 354. The molecule has 3 heteroatoms. The van der Waals surface area contributed by atoms with Crippen LogP contribution in [0.1, 0.15) is 23.5 Å². The Morgan fingerprint density at radius 1 is 1.35 bits per heavy atom. The van der Waals surface area contributed by atoms with Crippen molar-refractivity contribution in [1.29, 1.82) is 0 Å². The summed E-state index contributed by atoms with van der Waals surface area (Å²) in [5.74, 6) is 0.632. The second kappa shape index (κ2) is 6.15. The van der Waals surface area contributed by atoms with Gasteiger partial charge >= 0.3 is 0 Å². The van der Waals surface area contributed by atoms with Crippen molar-refractivity contribution < 1.29 is 9.47 Å². The fourth-order valence-electron chi connectivity index (χ4n) is 2.38. The Kier molecular flexibility index (Phi) is 4.54. The first-order valence-corrected chi connectivity index (χ1v) is 6.21. The summed E-state index contributed by atoms with van der Waals surface area (Å²) in [6.07, 6.45) is 2.19. The van der Waals surface area contributed by atoms with Crippen molar-refractivity contribution >= 4 is 0 Å². The van der Waals surface area contributed by atoms with Crippen molar-refractivity contribution in [1.82, 2.24) is 0 Å². The first kappa shape index (κ1) is 12.6. The van der Waals surface area contributed by atoms with Gasteiger partial charge in [0.25, 0.3) is 0 Å². The summed E-state index contributed by atoms with van der Waals surface area (Å²) >= 11 is 0. The maximum atomic E-state index is 6.06. The summed E-state index contributed by atoms with van der Waals surface area (Å²) in [5.41, 5.74) is 9.01. The highest BCUT2D eigenvalue weighted by Crippen LogP contribution is 2.37. The molecule has 0 heterocycles. The van der Waals surface area contributed by atoms with E-state index in [1.54, 1.807) is 7.11 Å². The van der Waals surface area contributed by atoms with E-state index >= 15 is 0 Å². The highest BCUT2D eigenvalue weighted by molar-refractivity contribution is 5.39. The number of fused-ring (bicyclic) bond motifs is 1. The third-order valence-corrected chi connectivity index (χ3v) is 3.31. The molecule has 2 atom stereocenters. The van der Waals surface area contributed by atoms with Gasteiger partial charge in [-0.05, 0) is 29.9 Å². The minimum atomic E-state index is 0.130. The fourth-order valence-corrected chi connectivity index (χ4v) is 2.38. The normalized spacial score (nSPS) is 19.5. The number of methoxy groups -OCH3 is 1. The zero-order valence-electron chi connectivity index (χ0n) is 10.4. The van der Waals surface area contributed by atoms with Crippen LogP contribution in [-0.2, 0) is 15.9 Å². The van der Waals surface area contributed by atoms with Crippen molar-refractivity contribution in [2.24, 2.45) is 5.73 Å². The zero-order valence-corrected chi connectivity index (χ0v) is 10.4. The monoisotopic (exact) mass is 235 g/mol. The second-order valence-corrected chi connectivity index (χ2v) is 4.66. The fraction of sp³-hybridized carbons (Fsp3) is 0.571. The topological polar surface area (TPSA) is 44.5 Å². The molecule has 0 amide bonds. The summed E-state index contributed by atoms with van der Waals surface area (Å²) in [4.78, 5) is 0. The molecule has 1 aromatic carbocycles. The molecule has 3 nitrogen and oxygen atoms in total. The van der Waals surface area contributed by atoms with Gasteiger partial charge in [-0.3, -0.25) is 0 Å². The molecule has 0 fully saturated rings. The number of benzene rings is 1. The Morgan fingerprint density at radius 3 is 2.94 bits per heavy atom. The average molecular weight is 235 g/mol. The summed E-state index contributed by atoms with van der Waals surface area (Å²) in [7, 11) is 1.68. The Morgan fingerprint density at radius 2 is 2.18 bits per heavy atom. The van der Waals surface area contributed by atoms with Crippen LogP contribution >= 0.6 is 0 Å². The molecular weight excluding hydrogens is 214 g/mol. The lowest BCUT2D eigenvalue weighted by molar-refractivity contribution is 0.0615. The van der Waals surface area contributed by atoms with Crippen molar-refractivity contribution in [3.05, 3.63) is 35.4 Å². The van der Waals surface area contributed by atoms with Gasteiger partial charge in [-0.25, -0.2) is 0 Å². The molecule has 94 valence electrons. The van der Waals surface area contributed by atoms with E-state index < -0.39 is 0 Å². The molecule has 1 aliphatic rings. The lowest BCUT2D eigenvalue weighted by Gasteiger charge is -2.32. The summed E-state index contributed by atoms with van der Waals surface area (Å²) in [6, 6.07) is 8.74. The van der Waals surface area contributed by atoms with Crippen molar-refractivity contribution in [2.45, 2.75) is 24.8 Å². The van der Waals surface area contributed by atoms with E-state index in [4.69, 9.17) is 15.2 Å². The molecule has 0 bridgehead atoms. The standard InChI is InChI=1S/C14H21NO2/c1-16-6-7-17-10-13(15)9-12-8-11-4-2-3-5-14(11)12/h2-5,12-13H,6-10,15H2,1H3. The van der Waals surface area contributed by atoms with Gasteiger partial charge in [-0.15, -0.1) is 0 Å². The predicted octanol–water partition coefficient (Wildman–Crippen LogP) is 1.71. The molecule has 0 saturated heterocycles. The molecule has 1 aromatic rings. The predicted molar refractivity (Wildman–Crippen MR) is 68.2 cm³/mol. The minimum absolute atomic E-state index is 0.130. The van der Waals surface area contributed by atoms with Crippen LogP contribution in [0.25, 0.3) is 0 Å². The number of nitrogens with two attached hydrogens (primary N) is 1. The maximum Gasteiger partial charge on any atom is 0.0701 e. The molecule has 2 unspecified atom stereocenters. The van der Waals surface area contributed by atoms with Crippen LogP contribution in [0.2, 0.25) is 0 Å². The third-order valence-electron chi connectivity index (χ3n) is 3.31. The van der Waals surface area contributed by atoms with Gasteiger partial charge < -0.3 is 15.2 Å². The van der Waals surface area contributed by atoms with Crippen LogP contribution in [0.15, 0.2) is 24.3 Å². The smallest absolute Gasteiger partial charge is 0.0701 e. The van der Waals surface area contributed by atoms with Crippen molar-refractivity contribution in [3.8, 4) is 0 Å². The molecule has 2 rings (SSSR count). The summed E-state index contributed by atoms with van der Waals surface area (Å²) < 4.78 is 10.4. The van der Waals surface area contributed by atoms with Crippen molar-refractivity contribution in [3.63, 3.8) is 0 Å².